The molecule has 1 saturated heterocycles. The Bertz CT molecular complexity index is 1320. The molecule has 1 fully saturated rings. The van der Waals surface area contributed by atoms with Crippen molar-refractivity contribution in [2.75, 3.05) is 30.3 Å². The molecule has 5 rings (SSSR count). The highest BCUT2D eigenvalue weighted by atomic mass is 16.1. The molecule has 1 amide bonds. The fourth-order valence-corrected chi connectivity index (χ4v) is 4.70. The third-order valence-corrected chi connectivity index (χ3v) is 6.89. The van der Waals surface area contributed by atoms with Gasteiger partial charge in [0.1, 0.15) is 11.4 Å². The smallest absolute Gasteiger partial charge is 0.256 e. The summed E-state index contributed by atoms with van der Waals surface area (Å²) < 4.78 is 0. The highest BCUT2D eigenvalue weighted by Crippen LogP contribution is 2.31. The highest BCUT2D eigenvalue weighted by Gasteiger charge is 2.30. The van der Waals surface area contributed by atoms with Gasteiger partial charge in [-0.1, -0.05) is 32.9 Å². The lowest BCUT2D eigenvalue weighted by Crippen LogP contribution is -2.26. The second kappa shape index (κ2) is 10.3. The first-order valence-electron chi connectivity index (χ1n) is 12.9. The van der Waals surface area contributed by atoms with Crippen molar-refractivity contribution in [2.24, 2.45) is 0 Å². The van der Waals surface area contributed by atoms with E-state index in [2.05, 4.69) is 76.4 Å². The van der Waals surface area contributed by atoms with Crippen molar-refractivity contribution >= 4 is 29.0 Å². The Morgan fingerprint density at radius 3 is 2.70 bits per heavy atom. The molecule has 2 aromatic heterocycles. The first kappa shape index (κ1) is 24.9. The summed E-state index contributed by atoms with van der Waals surface area (Å²) >= 11 is 0. The van der Waals surface area contributed by atoms with Crippen LogP contribution in [0.5, 0.6) is 0 Å². The van der Waals surface area contributed by atoms with Crippen LogP contribution in [-0.4, -0.2) is 51.4 Å². The van der Waals surface area contributed by atoms with Crippen LogP contribution in [0.1, 0.15) is 55.8 Å². The van der Waals surface area contributed by atoms with Gasteiger partial charge in [0, 0.05) is 62.0 Å². The minimum Gasteiger partial charge on any atom is -0.348 e. The Labute approximate surface area is 220 Å². The van der Waals surface area contributed by atoms with Gasteiger partial charge in [0.15, 0.2) is 0 Å². The van der Waals surface area contributed by atoms with Crippen molar-refractivity contribution < 1.29 is 6.22 Å². The van der Waals surface area contributed by atoms with Gasteiger partial charge in [0.2, 0.25) is 5.95 Å². The van der Waals surface area contributed by atoms with Gasteiger partial charge in [-0.2, -0.15) is 4.98 Å². The Balaban J connectivity index is 0.00000336. The molecule has 194 valence electrons. The molecule has 3 aromatic rings. The van der Waals surface area contributed by atoms with Crippen LogP contribution in [0.15, 0.2) is 55.4 Å². The molecule has 0 radical (unpaired) electrons. The van der Waals surface area contributed by atoms with E-state index in [1.54, 1.807) is 18.5 Å². The fraction of sp³-hybridized carbons (Fsp3) is 0.379. The van der Waals surface area contributed by atoms with E-state index in [4.69, 9.17) is 4.98 Å². The predicted molar refractivity (Wildman–Crippen MR) is 150 cm³/mol. The monoisotopic (exact) mass is 499 g/mol. The molecule has 1 atom stereocenters. The van der Waals surface area contributed by atoms with Crippen LogP contribution in [0.25, 0.3) is 0 Å². The number of hydrogen-bond acceptors (Lipinski definition) is 7. The number of nitrogens with one attached hydrogen (secondary N) is 3. The summed E-state index contributed by atoms with van der Waals surface area (Å²) in [6, 6.07) is 11.0. The maximum absolute atomic E-state index is 12.8. The minimum atomic E-state index is -0.269. The maximum atomic E-state index is 12.8. The SMILES string of the molecule is C=CCNC(=O)c1cnc(Nc2ccc3c(c2)CC(N2CC2)CC3)nc1Nc1ccnc(C(C)(C)C)c1.[HH]. The zero-order valence-electron chi connectivity index (χ0n) is 21.8. The molecule has 1 aliphatic heterocycles. The number of carbonyl (C=O) groups is 1. The molecular formula is C29H37N7O. The van der Waals surface area contributed by atoms with Gasteiger partial charge in [-0.25, -0.2) is 4.98 Å². The van der Waals surface area contributed by atoms with Crippen molar-refractivity contribution in [3.63, 3.8) is 0 Å². The molecule has 0 spiro atoms. The standard InChI is InChI=1S/C29H35N7O.H2/c1-5-11-31-27(37)24-18-32-28(35-26(24)33-22-10-12-30-25(17-22)29(2,3)4)34-21-8-6-19-7-9-23(36-13-14-36)16-20(19)15-21;/h5-6,8,10,12,15,17-18,23H,1,7,9,11,13-14,16H2,2-4H3,(H,31,37)(H2,30,32,33,34,35);1H. The normalized spacial score (nSPS) is 17.0. The van der Waals surface area contributed by atoms with Crippen molar-refractivity contribution in [3.05, 3.63) is 77.8 Å². The average Bonchev–Trinajstić information content (AvgIpc) is 3.72. The van der Waals surface area contributed by atoms with Gasteiger partial charge < -0.3 is 16.0 Å². The molecule has 8 nitrogen and oxygen atoms in total. The molecule has 0 bridgehead atoms. The topological polar surface area (TPSA) is 94.8 Å². The molecule has 3 heterocycles. The van der Waals surface area contributed by atoms with Crippen LogP contribution < -0.4 is 16.0 Å². The van der Waals surface area contributed by atoms with Crippen LogP contribution in [0.4, 0.5) is 23.1 Å². The number of nitrogens with zero attached hydrogens (tertiary/aromatic N) is 4. The van der Waals surface area contributed by atoms with Gasteiger partial charge in [-0.3, -0.25) is 14.7 Å². The first-order valence-corrected chi connectivity index (χ1v) is 12.9. The number of amides is 1. The highest BCUT2D eigenvalue weighted by molar-refractivity contribution is 5.99. The second-order valence-electron chi connectivity index (χ2n) is 10.8. The fourth-order valence-electron chi connectivity index (χ4n) is 4.70. The Hall–Kier alpha value is -3.78. The van der Waals surface area contributed by atoms with E-state index in [9.17, 15) is 4.79 Å². The van der Waals surface area contributed by atoms with E-state index in [-0.39, 0.29) is 12.7 Å². The van der Waals surface area contributed by atoms with Crippen LogP contribution in [0.2, 0.25) is 0 Å². The number of benzene rings is 1. The number of rotatable bonds is 8. The summed E-state index contributed by atoms with van der Waals surface area (Å²) in [4.78, 5) is 29.1. The molecule has 1 aromatic carbocycles. The maximum Gasteiger partial charge on any atom is 0.256 e. The van der Waals surface area contributed by atoms with Crippen LogP contribution in [-0.2, 0) is 18.3 Å². The van der Waals surface area contributed by atoms with Crippen LogP contribution in [0.3, 0.4) is 0 Å². The van der Waals surface area contributed by atoms with Gasteiger partial charge >= 0.3 is 0 Å². The quantitative estimate of drug-likeness (QED) is 0.297. The summed E-state index contributed by atoms with van der Waals surface area (Å²) in [6.45, 7) is 12.8. The Morgan fingerprint density at radius 1 is 1.14 bits per heavy atom. The van der Waals surface area contributed by atoms with Crippen molar-refractivity contribution in [1.82, 2.24) is 25.2 Å². The molecule has 2 aliphatic rings. The largest absolute Gasteiger partial charge is 0.348 e. The first-order chi connectivity index (χ1) is 17.8. The van der Waals surface area contributed by atoms with Gasteiger partial charge in [-0.05, 0) is 54.7 Å². The third-order valence-electron chi connectivity index (χ3n) is 6.89. The molecule has 3 N–H and O–H groups in total. The van der Waals surface area contributed by atoms with Crippen LogP contribution >= 0.6 is 0 Å². The zero-order chi connectivity index (χ0) is 26.0. The van der Waals surface area contributed by atoms with E-state index in [1.165, 1.54) is 30.6 Å². The second-order valence-corrected chi connectivity index (χ2v) is 10.8. The average molecular weight is 500 g/mol. The summed E-state index contributed by atoms with van der Waals surface area (Å²) in [5.74, 6) is 0.574. The molecule has 0 saturated carbocycles. The number of anilines is 4. The summed E-state index contributed by atoms with van der Waals surface area (Å²) in [6.07, 6.45) is 8.40. The van der Waals surface area contributed by atoms with E-state index in [0.717, 1.165) is 29.9 Å². The number of hydrogen-bond donors (Lipinski definition) is 3. The van der Waals surface area contributed by atoms with Gasteiger partial charge in [0.05, 0.1) is 0 Å². The van der Waals surface area contributed by atoms with Crippen molar-refractivity contribution in [2.45, 2.75) is 51.5 Å². The number of fused-ring (bicyclic) bond motifs is 1. The summed E-state index contributed by atoms with van der Waals surface area (Å²) in [7, 11) is 0. The lowest BCUT2D eigenvalue weighted by Gasteiger charge is -2.26. The van der Waals surface area contributed by atoms with E-state index >= 15 is 0 Å². The van der Waals surface area contributed by atoms with Crippen molar-refractivity contribution in [1.29, 1.82) is 0 Å². The number of carbonyl (C=O) groups excluding carboxylic acids is 1. The summed E-state index contributed by atoms with van der Waals surface area (Å²) in [5.41, 5.74) is 5.75. The van der Waals surface area contributed by atoms with E-state index in [1.807, 2.05) is 12.1 Å². The number of pyridine rings is 1. The molecule has 37 heavy (non-hydrogen) atoms. The van der Waals surface area contributed by atoms with E-state index < -0.39 is 0 Å². The molecule has 1 unspecified atom stereocenters. The Kier molecular flexibility index (Phi) is 6.93. The number of aromatic nitrogens is 3. The van der Waals surface area contributed by atoms with Crippen LogP contribution in [0, 0.1) is 0 Å². The van der Waals surface area contributed by atoms with Gasteiger partial charge in [-0.15, -0.1) is 6.58 Å². The minimum absolute atomic E-state index is 0. The molecule has 8 heteroatoms. The number of aryl methyl sites for hydroxylation is 1. The van der Waals surface area contributed by atoms with Crippen molar-refractivity contribution in [3.8, 4) is 0 Å². The zero-order valence-corrected chi connectivity index (χ0v) is 21.8. The molecule has 1 aliphatic carbocycles. The predicted octanol–water partition coefficient (Wildman–Crippen LogP) is 4.99. The lowest BCUT2D eigenvalue weighted by atomic mass is 9.88. The summed E-state index contributed by atoms with van der Waals surface area (Å²) in [5, 5.41) is 9.49. The Morgan fingerprint density at radius 2 is 1.95 bits per heavy atom. The molecular weight excluding hydrogens is 462 g/mol. The van der Waals surface area contributed by atoms with E-state index in [0.29, 0.717) is 29.9 Å². The third kappa shape index (κ3) is 5.97. The lowest BCUT2D eigenvalue weighted by molar-refractivity contribution is 0.0958. The van der Waals surface area contributed by atoms with Gasteiger partial charge in [0.25, 0.3) is 5.91 Å².